The first-order chi connectivity index (χ1) is 10.2. The zero-order valence-electron chi connectivity index (χ0n) is 11.7. The van der Waals surface area contributed by atoms with Gasteiger partial charge in [0.15, 0.2) is 0 Å². The Bertz CT molecular complexity index is 688. The average Bonchev–Trinajstić information content (AvgIpc) is 2.94. The Kier molecular flexibility index (Phi) is 2.85. The Morgan fingerprint density at radius 2 is 2.19 bits per heavy atom. The molecule has 1 aromatic heterocycles. The van der Waals surface area contributed by atoms with Gasteiger partial charge < -0.3 is 15.3 Å². The second kappa shape index (κ2) is 4.73. The summed E-state index contributed by atoms with van der Waals surface area (Å²) < 4.78 is 0. The van der Waals surface area contributed by atoms with Crippen LogP contribution < -0.4 is 5.32 Å². The molecule has 3 fully saturated rings. The lowest BCUT2D eigenvalue weighted by atomic mass is 9.84. The molecule has 1 amide bonds. The van der Waals surface area contributed by atoms with Crippen LogP contribution >= 0.6 is 0 Å². The number of aromatic hydroxyl groups is 1. The molecule has 0 spiro atoms. The van der Waals surface area contributed by atoms with Crippen molar-refractivity contribution in [3.8, 4) is 5.75 Å². The van der Waals surface area contributed by atoms with Gasteiger partial charge in [0, 0.05) is 18.0 Å². The van der Waals surface area contributed by atoms with Gasteiger partial charge in [-0.25, -0.2) is 0 Å². The van der Waals surface area contributed by atoms with Crippen LogP contribution in [0.25, 0.3) is 10.9 Å². The summed E-state index contributed by atoms with van der Waals surface area (Å²) in [5.74, 6) is 0.536. The second-order valence-corrected chi connectivity index (χ2v) is 5.99. The second-order valence-electron chi connectivity index (χ2n) is 5.99. The van der Waals surface area contributed by atoms with E-state index in [0.29, 0.717) is 22.5 Å². The predicted molar refractivity (Wildman–Crippen MR) is 78.2 cm³/mol. The molecule has 0 radical (unpaired) electrons. The van der Waals surface area contributed by atoms with Gasteiger partial charge in [-0.05, 0) is 37.9 Å². The molecule has 0 unspecified atom stereocenters. The normalized spacial score (nSPS) is 27.9. The van der Waals surface area contributed by atoms with E-state index in [9.17, 15) is 9.90 Å². The van der Waals surface area contributed by atoms with Gasteiger partial charge in [0.2, 0.25) is 0 Å². The number of hydrogen-bond acceptors (Lipinski definition) is 4. The van der Waals surface area contributed by atoms with Crippen molar-refractivity contribution in [2.75, 3.05) is 19.6 Å². The van der Waals surface area contributed by atoms with E-state index in [4.69, 9.17) is 0 Å². The van der Waals surface area contributed by atoms with Crippen molar-refractivity contribution < 1.29 is 9.90 Å². The smallest absolute Gasteiger partial charge is 0.270 e. The average molecular weight is 286 g/mol. The zero-order valence-corrected chi connectivity index (χ0v) is 11.7. The molecule has 0 aliphatic carbocycles. The largest absolute Gasteiger partial charge is 0.506 e. The molecule has 2 aromatic rings. The summed E-state index contributed by atoms with van der Waals surface area (Å²) in [7, 11) is 0. The molecule has 1 atom stereocenters. The summed E-state index contributed by atoms with van der Waals surface area (Å²) in [6, 6.07) is 5.30. The van der Waals surface area contributed by atoms with Crippen LogP contribution in [0.1, 0.15) is 23.3 Å². The monoisotopic (exact) mass is 286 g/mol. The number of nitrogens with zero attached hydrogens (tertiary/aromatic N) is 2. The number of rotatable bonds is 2. The van der Waals surface area contributed by atoms with Gasteiger partial charge in [0.05, 0.1) is 0 Å². The van der Waals surface area contributed by atoms with Gasteiger partial charge >= 0.3 is 0 Å². The number of amides is 1. The third kappa shape index (κ3) is 2.06. The van der Waals surface area contributed by atoms with E-state index in [1.165, 1.54) is 0 Å². The Balaban J connectivity index is 1.58. The molecule has 1 aromatic carbocycles. The number of para-hydroxylation sites is 1. The van der Waals surface area contributed by atoms with Gasteiger partial charge in [0.1, 0.15) is 17.0 Å². The maximum Gasteiger partial charge on any atom is 0.270 e. The molecule has 2 bridgehead atoms. The Hall–Kier alpha value is -2.08. The maximum atomic E-state index is 12.5. The maximum absolute atomic E-state index is 12.5. The number of aromatic amines is 1. The van der Waals surface area contributed by atoms with Crippen molar-refractivity contribution in [2.24, 2.45) is 5.92 Å². The Labute approximate surface area is 122 Å². The molecule has 6 heteroatoms. The molecule has 110 valence electrons. The summed E-state index contributed by atoms with van der Waals surface area (Å²) in [5.41, 5.74) is 0.869. The summed E-state index contributed by atoms with van der Waals surface area (Å²) in [6.07, 6.45) is 2.32. The van der Waals surface area contributed by atoms with Gasteiger partial charge in [-0.2, -0.15) is 5.10 Å². The standard InChI is InChI=1S/C15H18N4O2/c20-12-3-1-2-10-13(12)17-18-14(10)15(21)16-11-8-19-6-4-9(11)5-7-19/h1-3,9,11,20H,4-8H2,(H,16,21)(H,17,18)/t11-/m1/s1. The molecular formula is C15H18N4O2. The lowest BCUT2D eigenvalue weighted by Crippen LogP contribution is -2.57. The highest BCUT2D eigenvalue weighted by Crippen LogP contribution is 2.28. The molecule has 6 nitrogen and oxygen atoms in total. The van der Waals surface area contributed by atoms with Crippen molar-refractivity contribution in [2.45, 2.75) is 18.9 Å². The van der Waals surface area contributed by atoms with E-state index < -0.39 is 0 Å². The molecule has 5 rings (SSSR count). The quantitative estimate of drug-likeness (QED) is 0.772. The highest BCUT2D eigenvalue weighted by atomic mass is 16.3. The van der Waals surface area contributed by atoms with E-state index in [2.05, 4.69) is 20.4 Å². The van der Waals surface area contributed by atoms with Crippen LogP contribution in [0.15, 0.2) is 18.2 Å². The topological polar surface area (TPSA) is 81.2 Å². The lowest BCUT2D eigenvalue weighted by Gasteiger charge is -2.44. The third-order valence-electron chi connectivity index (χ3n) is 4.76. The molecule has 21 heavy (non-hydrogen) atoms. The number of fused-ring (bicyclic) bond motifs is 4. The van der Waals surface area contributed by atoms with E-state index in [-0.39, 0.29) is 17.7 Å². The minimum absolute atomic E-state index is 0.0886. The van der Waals surface area contributed by atoms with Crippen LogP contribution in [0, 0.1) is 5.92 Å². The van der Waals surface area contributed by atoms with E-state index >= 15 is 0 Å². The number of piperidine rings is 3. The van der Waals surface area contributed by atoms with Crippen LogP contribution in [0.2, 0.25) is 0 Å². The fraction of sp³-hybridized carbons (Fsp3) is 0.467. The minimum atomic E-state index is -0.137. The lowest BCUT2D eigenvalue weighted by molar-refractivity contribution is 0.0618. The minimum Gasteiger partial charge on any atom is -0.506 e. The molecule has 4 heterocycles. The molecule has 3 aliphatic rings. The van der Waals surface area contributed by atoms with Crippen LogP contribution in [-0.4, -0.2) is 51.8 Å². The number of benzene rings is 1. The van der Waals surface area contributed by atoms with Crippen LogP contribution in [-0.2, 0) is 0 Å². The van der Waals surface area contributed by atoms with E-state index in [1.54, 1.807) is 18.2 Å². The fourth-order valence-corrected chi connectivity index (χ4v) is 3.56. The van der Waals surface area contributed by atoms with E-state index in [1.807, 2.05) is 0 Å². The van der Waals surface area contributed by atoms with Crippen LogP contribution in [0.4, 0.5) is 0 Å². The number of nitrogens with one attached hydrogen (secondary N) is 2. The number of phenolic OH excluding ortho intramolecular Hbond substituents is 1. The molecule has 0 saturated carbocycles. The number of carbonyl (C=O) groups is 1. The number of hydrogen-bond donors (Lipinski definition) is 3. The number of phenols is 1. The Morgan fingerprint density at radius 1 is 1.38 bits per heavy atom. The van der Waals surface area contributed by atoms with Crippen molar-refractivity contribution in [3.05, 3.63) is 23.9 Å². The highest BCUT2D eigenvalue weighted by Gasteiger charge is 2.35. The zero-order chi connectivity index (χ0) is 14.4. The molecule has 3 aliphatic heterocycles. The van der Waals surface area contributed by atoms with Crippen molar-refractivity contribution in [1.29, 1.82) is 0 Å². The first-order valence-electron chi connectivity index (χ1n) is 7.41. The van der Waals surface area contributed by atoms with Gasteiger partial charge in [-0.15, -0.1) is 0 Å². The third-order valence-corrected chi connectivity index (χ3v) is 4.76. The molecule has 3 N–H and O–H groups in total. The van der Waals surface area contributed by atoms with E-state index in [0.717, 1.165) is 32.5 Å². The van der Waals surface area contributed by atoms with Gasteiger partial charge in [-0.1, -0.05) is 12.1 Å². The highest BCUT2D eigenvalue weighted by molar-refractivity contribution is 6.05. The Morgan fingerprint density at radius 3 is 2.90 bits per heavy atom. The van der Waals surface area contributed by atoms with Crippen LogP contribution in [0.3, 0.4) is 0 Å². The number of H-pyrrole nitrogens is 1. The van der Waals surface area contributed by atoms with Gasteiger partial charge in [-0.3, -0.25) is 9.89 Å². The predicted octanol–water partition coefficient (Wildman–Crippen LogP) is 1.09. The molecular weight excluding hydrogens is 268 g/mol. The van der Waals surface area contributed by atoms with Gasteiger partial charge in [0.25, 0.3) is 5.91 Å². The summed E-state index contributed by atoms with van der Waals surface area (Å²) in [4.78, 5) is 14.9. The summed E-state index contributed by atoms with van der Waals surface area (Å²) in [5, 5.41) is 20.3. The van der Waals surface area contributed by atoms with Crippen molar-refractivity contribution >= 4 is 16.8 Å². The van der Waals surface area contributed by atoms with Crippen molar-refractivity contribution in [3.63, 3.8) is 0 Å². The first-order valence-corrected chi connectivity index (χ1v) is 7.41. The van der Waals surface area contributed by atoms with Crippen molar-refractivity contribution in [1.82, 2.24) is 20.4 Å². The number of aromatic nitrogens is 2. The summed E-state index contributed by atoms with van der Waals surface area (Å²) in [6.45, 7) is 3.24. The number of carbonyl (C=O) groups excluding carboxylic acids is 1. The molecule has 3 saturated heterocycles. The summed E-state index contributed by atoms with van der Waals surface area (Å²) >= 11 is 0. The van der Waals surface area contributed by atoms with Crippen LogP contribution in [0.5, 0.6) is 5.75 Å². The fourth-order valence-electron chi connectivity index (χ4n) is 3.56. The SMILES string of the molecule is O=C(N[C@@H]1CN2CCC1CC2)c1[nH]nc2c(O)cccc12. The first kappa shape index (κ1) is 12.6.